The molecule has 7 heteroatoms. The zero-order chi connectivity index (χ0) is 19.5. The molecule has 0 amide bonds. The van der Waals surface area contributed by atoms with Crippen LogP contribution in [0.5, 0.6) is 11.5 Å². The van der Waals surface area contributed by atoms with Crippen LogP contribution in [0.15, 0.2) is 47.5 Å². The molecule has 0 saturated carbocycles. The highest BCUT2D eigenvalue weighted by Gasteiger charge is 2.05. The smallest absolute Gasteiger partial charge is 0.191 e. The van der Waals surface area contributed by atoms with E-state index in [1.165, 1.54) is 6.07 Å². The van der Waals surface area contributed by atoms with Crippen LogP contribution in [-0.2, 0) is 13.0 Å². The standard InChI is InChI=1S/C21H28FN3O2.HI/c1-4-23-21(24-12-11-16-7-6-8-18(22)13-16)25-15-17-9-10-19(27-5-2)20(14-17)26-3;/h6-10,13-14H,4-5,11-12,15H2,1-3H3,(H2,23,24,25);1H. The highest BCUT2D eigenvalue weighted by molar-refractivity contribution is 14.0. The molecule has 0 unspecified atom stereocenters. The number of hydrogen-bond acceptors (Lipinski definition) is 3. The summed E-state index contributed by atoms with van der Waals surface area (Å²) < 4.78 is 24.2. The van der Waals surface area contributed by atoms with Gasteiger partial charge in [-0.15, -0.1) is 24.0 Å². The van der Waals surface area contributed by atoms with E-state index in [0.717, 1.165) is 35.8 Å². The van der Waals surface area contributed by atoms with Crippen molar-refractivity contribution < 1.29 is 13.9 Å². The minimum Gasteiger partial charge on any atom is -0.493 e. The van der Waals surface area contributed by atoms with Crippen LogP contribution in [-0.4, -0.2) is 32.8 Å². The van der Waals surface area contributed by atoms with Gasteiger partial charge in [0.1, 0.15) is 5.82 Å². The van der Waals surface area contributed by atoms with Crippen molar-refractivity contribution in [1.29, 1.82) is 0 Å². The van der Waals surface area contributed by atoms with Crippen molar-refractivity contribution in [1.82, 2.24) is 10.6 Å². The molecule has 0 radical (unpaired) electrons. The van der Waals surface area contributed by atoms with Crippen molar-refractivity contribution in [2.75, 3.05) is 26.8 Å². The van der Waals surface area contributed by atoms with Gasteiger partial charge in [0.25, 0.3) is 0 Å². The van der Waals surface area contributed by atoms with Crippen LogP contribution in [0.25, 0.3) is 0 Å². The summed E-state index contributed by atoms with van der Waals surface area (Å²) in [6, 6.07) is 12.5. The van der Waals surface area contributed by atoms with Gasteiger partial charge in [0.2, 0.25) is 0 Å². The molecule has 0 bridgehead atoms. The lowest BCUT2D eigenvalue weighted by molar-refractivity contribution is 0.310. The van der Waals surface area contributed by atoms with Gasteiger partial charge in [-0.3, -0.25) is 0 Å². The largest absolute Gasteiger partial charge is 0.493 e. The Hall–Kier alpha value is -2.03. The minimum atomic E-state index is -0.211. The van der Waals surface area contributed by atoms with E-state index < -0.39 is 0 Å². The Bertz CT molecular complexity index is 756. The predicted octanol–water partition coefficient (Wildman–Crippen LogP) is 4.15. The lowest BCUT2D eigenvalue weighted by Crippen LogP contribution is -2.38. The molecule has 0 aliphatic carbocycles. The first kappa shape index (κ1) is 24.0. The summed E-state index contributed by atoms with van der Waals surface area (Å²) in [5.74, 6) is 1.95. The van der Waals surface area contributed by atoms with Crippen molar-refractivity contribution >= 4 is 29.9 Å². The molecule has 0 fully saturated rings. The number of hydrogen-bond donors (Lipinski definition) is 2. The summed E-state index contributed by atoms with van der Waals surface area (Å²) in [4.78, 5) is 4.61. The number of halogens is 2. The van der Waals surface area contributed by atoms with Gasteiger partial charge < -0.3 is 20.1 Å². The van der Waals surface area contributed by atoms with Crippen molar-refractivity contribution in [3.8, 4) is 11.5 Å². The van der Waals surface area contributed by atoms with E-state index in [-0.39, 0.29) is 29.8 Å². The zero-order valence-electron chi connectivity index (χ0n) is 16.6. The summed E-state index contributed by atoms with van der Waals surface area (Å²) >= 11 is 0. The number of ether oxygens (including phenoxy) is 2. The zero-order valence-corrected chi connectivity index (χ0v) is 19.0. The molecular weight excluding hydrogens is 472 g/mol. The Balaban J connectivity index is 0.00000392. The number of rotatable bonds is 9. The molecule has 0 aliphatic heterocycles. The quantitative estimate of drug-likeness (QED) is 0.308. The second-order valence-corrected chi connectivity index (χ2v) is 5.92. The molecule has 28 heavy (non-hydrogen) atoms. The summed E-state index contributed by atoms with van der Waals surface area (Å²) in [7, 11) is 1.63. The number of guanidine groups is 1. The Morgan fingerprint density at radius 3 is 2.54 bits per heavy atom. The maximum absolute atomic E-state index is 13.2. The molecule has 2 aromatic rings. The van der Waals surface area contributed by atoms with E-state index in [1.54, 1.807) is 19.2 Å². The maximum Gasteiger partial charge on any atom is 0.191 e. The van der Waals surface area contributed by atoms with Crippen LogP contribution < -0.4 is 20.1 Å². The predicted molar refractivity (Wildman–Crippen MR) is 123 cm³/mol. The molecule has 0 saturated heterocycles. The van der Waals surface area contributed by atoms with E-state index in [1.807, 2.05) is 38.1 Å². The molecule has 2 N–H and O–H groups in total. The van der Waals surface area contributed by atoms with Crippen molar-refractivity contribution in [3.63, 3.8) is 0 Å². The molecule has 0 aliphatic rings. The molecule has 0 atom stereocenters. The van der Waals surface area contributed by atoms with Gasteiger partial charge in [0, 0.05) is 13.1 Å². The third-order valence-corrected chi connectivity index (χ3v) is 3.89. The highest BCUT2D eigenvalue weighted by Crippen LogP contribution is 2.28. The number of aliphatic imine (C=N–C) groups is 1. The average molecular weight is 501 g/mol. The first-order valence-corrected chi connectivity index (χ1v) is 9.22. The van der Waals surface area contributed by atoms with Crippen molar-refractivity contribution in [2.24, 2.45) is 4.99 Å². The Labute approximate surface area is 183 Å². The Kier molecular flexibility index (Phi) is 11.3. The number of methoxy groups -OCH3 is 1. The van der Waals surface area contributed by atoms with Crippen LogP contribution in [0.1, 0.15) is 25.0 Å². The molecule has 154 valence electrons. The van der Waals surface area contributed by atoms with E-state index in [4.69, 9.17) is 9.47 Å². The number of nitrogens with zero attached hydrogens (tertiary/aromatic N) is 1. The number of nitrogens with one attached hydrogen (secondary N) is 2. The molecular formula is C21H29FIN3O2. The van der Waals surface area contributed by atoms with Gasteiger partial charge in [-0.2, -0.15) is 0 Å². The lowest BCUT2D eigenvalue weighted by atomic mass is 10.1. The first-order valence-electron chi connectivity index (χ1n) is 9.22. The van der Waals surface area contributed by atoms with Crippen molar-refractivity contribution in [2.45, 2.75) is 26.8 Å². The summed E-state index contributed by atoms with van der Waals surface area (Å²) in [5, 5.41) is 6.50. The van der Waals surface area contributed by atoms with E-state index >= 15 is 0 Å². The fraction of sp³-hybridized carbons (Fsp3) is 0.381. The van der Waals surface area contributed by atoms with Gasteiger partial charge >= 0.3 is 0 Å². The lowest BCUT2D eigenvalue weighted by Gasteiger charge is -2.12. The average Bonchev–Trinajstić information content (AvgIpc) is 2.67. The maximum atomic E-state index is 13.2. The summed E-state index contributed by atoms with van der Waals surface area (Å²) in [6.45, 7) is 6.49. The van der Waals surface area contributed by atoms with Crippen LogP contribution >= 0.6 is 24.0 Å². The van der Waals surface area contributed by atoms with Gasteiger partial charge in [-0.1, -0.05) is 18.2 Å². The molecule has 0 heterocycles. The van der Waals surface area contributed by atoms with Crippen LogP contribution in [0.4, 0.5) is 4.39 Å². The molecule has 5 nitrogen and oxygen atoms in total. The topological polar surface area (TPSA) is 54.9 Å². The van der Waals surface area contributed by atoms with Gasteiger partial charge in [0.05, 0.1) is 20.3 Å². The third-order valence-electron chi connectivity index (χ3n) is 3.89. The molecule has 2 rings (SSSR count). The second kappa shape index (κ2) is 13.2. The van der Waals surface area contributed by atoms with Gasteiger partial charge in [-0.25, -0.2) is 9.38 Å². The monoisotopic (exact) mass is 501 g/mol. The Morgan fingerprint density at radius 1 is 1.04 bits per heavy atom. The van der Waals surface area contributed by atoms with Crippen LogP contribution in [0, 0.1) is 5.82 Å². The number of benzene rings is 2. The molecule has 0 spiro atoms. The van der Waals surface area contributed by atoms with Crippen molar-refractivity contribution in [3.05, 3.63) is 59.4 Å². The fourth-order valence-electron chi connectivity index (χ4n) is 2.61. The highest BCUT2D eigenvalue weighted by atomic mass is 127. The van der Waals surface area contributed by atoms with Gasteiger partial charge in [-0.05, 0) is 55.7 Å². The van der Waals surface area contributed by atoms with Crippen LogP contribution in [0.3, 0.4) is 0 Å². The fourth-order valence-corrected chi connectivity index (χ4v) is 2.61. The van der Waals surface area contributed by atoms with E-state index in [0.29, 0.717) is 25.4 Å². The third kappa shape index (κ3) is 7.92. The van der Waals surface area contributed by atoms with Gasteiger partial charge in [0.15, 0.2) is 17.5 Å². The first-order chi connectivity index (χ1) is 13.2. The van der Waals surface area contributed by atoms with E-state index in [2.05, 4.69) is 15.6 Å². The molecule has 2 aromatic carbocycles. The normalized spacial score (nSPS) is 10.8. The minimum absolute atomic E-state index is 0. The SMILES string of the molecule is CCNC(=NCc1ccc(OCC)c(OC)c1)NCCc1cccc(F)c1.I. The second-order valence-electron chi connectivity index (χ2n) is 5.92. The molecule has 0 aromatic heterocycles. The summed E-state index contributed by atoms with van der Waals surface area (Å²) in [6.07, 6.45) is 0.721. The van der Waals surface area contributed by atoms with E-state index in [9.17, 15) is 4.39 Å². The van der Waals surface area contributed by atoms with Crippen LogP contribution in [0.2, 0.25) is 0 Å². The Morgan fingerprint density at radius 2 is 1.86 bits per heavy atom. The summed E-state index contributed by atoms with van der Waals surface area (Å²) in [5.41, 5.74) is 1.98.